The van der Waals surface area contributed by atoms with Crippen LogP contribution in [0.25, 0.3) is 0 Å². The van der Waals surface area contributed by atoms with E-state index in [9.17, 15) is 5.26 Å². The number of rotatable bonds is 3. The zero-order valence-corrected chi connectivity index (χ0v) is 14.4. The summed E-state index contributed by atoms with van der Waals surface area (Å²) in [6.45, 7) is 8.49. The Bertz CT molecular complexity index is 822. The summed E-state index contributed by atoms with van der Waals surface area (Å²) in [6.07, 6.45) is 0. The number of H-pyrrole nitrogens is 1. The topological polar surface area (TPSA) is 87.7 Å². The number of nitrogens with one attached hydrogen (secondary N) is 1. The van der Waals surface area contributed by atoms with Crippen LogP contribution in [0.2, 0.25) is 0 Å². The largest absolute Gasteiger partial charge is 0.420 e. The molecule has 0 spiro atoms. The second-order valence-electron chi connectivity index (χ2n) is 6.76. The Morgan fingerprint density at radius 1 is 1.17 bits per heavy atom. The van der Waals surface area contributed by atoms with E-state index in [4.69, 9.17) is 10.5 Å². The molecule has 3 rings (SSSR count). The summed E-state index contributed by atoms with van der Waals surface area (Å²) in [4.78, 5) is 0. The van der Waals surface area contributed by atoms with Gasteiger partial charge in [-0.3, -0.25) is 5.10 Å². The van der Waals surface area contributed by atoms with Gasteiger partial charge < -0.3 is 10.5 Å². The van der Waals surface area contributed by atoms with Crippen LogP contribution in [0.5, 0.6) is 5.88 Å². The number of aromatic amines is 1. The van der Waals surface area contributed by atoms with Gasteiger partial charge in [0.1, 0.15) is 11.6 Å². The van der Waals surface area contributed by atoms with Crippen molar-refractivity contribution in [3.8, 4) is 11.9 Å². The first-order chi connectivity index (χ1) is 11.4. The molecule has 5 nitrogen and oxygen atoms in total. The molecule has 1 aromatic heterocycles. The average molecular weight is 322 g/mol. The molecular weight excluding hydrogens is 300 g/mol. The molecule has 2 aromatic rings. The van der Waals surface area contributed by atoms with Crippen LogP contribution in [0.1, 0.15) is 67.8 Å². The Morgan fingerprint density at radius 2 is 1.83 bits per heavy atom. The molecule has 1 atom stereocenters. The van der Waals surface area contributed by atoms with Gasteiger partial charge in [-0.25, -0.2) is 0 Å². The summed E-state index contributed by atoms with van der Waals surface area (Å²) in [6, 6.07) is 10.6. The van der Waals surface area contributed by atoms with Gasteiger partial charge in [-0.1, -0.05) is 52.0 Å². The lowest BCUT2D eigenvalue weighted by molar-refractivity contribution is 0.378. The molecule has 0 aliphatic carbocycles. The van der Waals surface area contributed by atoms with Crippen molar-refractivity contribution in [3.05, 3.63) is 58.1 Å². The van der Waals surface area contributed by atoms with Crippen LogP contribution >= 0.6 is 0 Å². The lowest BCUT2D eigenvalue weighted by Crippen LogP contribution is -2.21. The van der Waals surface area contributed by atoms with Crippen molar-refractivity contribution >= 4 is 0 Å². The molecule has 124 valence electrons. The smallest absolute Gasteiger partial charge is 0.244 e. The molecule has 0 saturated carbocycles. The summed E-state index contributed by atoms with van der Waals surface area (Å²) >= 11 is 0. The number of nitriles is 1. The zero-order valence-electron chi connectivity index (χ0n) is 14.4. The van der Waals surface area contributed by atoms with Gasteiger partial charge in [0.05, 0.1) is 11.5 Å². The van der Waals surface area contributed by atoms with Gasteiger partial charge >= 0.3 is 0 Å². The summed E-state index contributed by atoms with van der Waals surface area (Å²) < 4.78 is 5.57. The predicted molar refractivity (Wildman–Crippen MR) is 92.5 cm³/mol. The van der Waals surface area contributed by atoms with Crippen LogP contribution in [0, 0.1) is 11.3 Å². The highest BCUT2D eigenvalue weighted by Crippen LogP contribution is 2.44. The highest BCUT2D eigenvalue weighted by molar-refractivity contribution is 5.55. The van der Waals surface area contributed by atoms with Crippen molar-refractivity contribution in [1.82, 2.24) is 10.2 Å². The third-order valence-electron chi connectivity index (χ3n) is 4.48. The molecule has 5 heteroatoms. The van der Waals surface area contributed by atoms with E-state index < -0.39 is 0 Å². The Balaban J connectivity index is 2.17. The number of ether oxygens (including phenoxy) is 1. The quantitative estimate of drug-likeness (QED) is 0.897. The molecule has 0 saturated heterocycles. The third-order valence-corrected chi connectivity index (χ3v) is 4.48. The molecule has 0 bridgehead atoms. The van der Waals surface area contributed by atoms with Crippen LogP contribution in [0.4, 0.5) is 0 Å². The summed E-state index contributed by atoms with van der Waals surface area (Å²) in [5.74, 6) is 1.04. The van der Waals surface area contributed by atoms with Crippen molar-refractivity contribution in [2.75, 3.05) is 0 Å². The molecule has 0 fully saturated rings. The molecule has 0 radical (unpaired) electrons. The number of fused-ring (bicyclic) bond motifs is 1. The normalized spacial score (nSPS) is 17.0. The summed E-state index contributed by atoms with van der Waals surface area (Å²) in [5.41, 5.74) is 10.6. The SMILES string of the molecule is CC(C)c1ccc(C2C(C#N)=C(N)Oc3n[nH]c(C(C)C)c32)cc1. The number of hydrogen-bond acceptors (Lipinski definition) is 4. The maximum Gasteiger partial charge on any atom is 0.244 e. The first kappa shape index (κ1) is 16.1. The standard InChI is InChI=1S/C19H22N4O/c1-10(2)12-5-7-13(8-6-12)15-14(9-20)18(21)24-19-16(15)17(11(3)4)22-23-19/h5-8,10-11,15H,21H2,1-4H3,(H,22,23). The highest BCUT2D eigenvalue weighted by atomic mass is 16.5. The van der Waals surface area contributed by atoms with E-state index in [1.165, 1.54) is 5.56 Å². The molecular formula is C19H22N4O. The minimum Gasteiger partial charge on any atom is -0.420 e. The van der Waals surface area contributed by atoms with E-state index in [-0.39, 0.29) is 17.7 Å². The number of hydrogen-bond donors (Lipinski definition) is 2. The number of nitrogens with two attached hydrogens (primary N) is 1. The average Bonchev–Trinajstić information content (AvgIpc) is 2.97. The molecule has 0 amide bonds. The summed E-state index contributed by atoms with van der Waals surface area (Å²) in [5, 5.41) is 16.9. The fourth-order valence-corrected chi connectivity index (χ4v) is 3.12. The Labute approximate surface area is 142 Å². The second kappa shape index (κ2) is 6.04. The van der Waals surface area contributed by atoms with Crippen LogP contribution in [-0.2, 0) is 0 Å². The van der Waals surface area contributed by atoms with Crippen molar-refractivity contribution < 1.29 is 4.74 Å². The van der Waals surface area contributed by atoms with E-state index in [0.29, 0.717) is 17.4 Å². The molecule has 2 heterocycles. The lowest BCUT2D eigenvalue weighted by atomic mass is 9.82. The van der Waals surface area contributed by atoms with E-state index in [0.717, 1.165) is 16.8 Å². The third kappa shape index (κ3) is 2.54. The summed E-state index contributed by atoms with van der Waals surface area (Å²) in [7, 11) is 0. The van der Waals surface area contributed by atoms with Crippen molar-refractivity contribution in [2.24, 2.45) is 5.73 Å². The first-order valence-corrected chi connectivity index (χ1v) is 8.19. The van der Waals surface area contributed by atoms with Crippen LogP contribution in [0.3, 0.4) is 0 Å². The minimum absolute atomic E-state index is 0.129. The van der Waals surface area contributed by atoms with E-state index in [1.807, 2.05) is 0 Å². The maximum absolute atomic E-state index is 9.63. The lowest BCUT2D eigenvalue weighted by Gasteiger charge is -2.25. The molecule has 1 aromatic carbocycles. The van der Waals surface area contributed by atoms with Gasteiger partial charge in [-0.05, 0) is 23.0 Å². The highest BCUT2D eigenvalue weighted by Gasteiger charge is 2.35. The van der Waals surface area contributed by atoms with Gasteiger partial charge in [-0.15, -0.1) is 5.10 Å². The van der Waals surface area contributed by atoms with E-state index in [1.54, 1.807) is 0 Å². The van der Waals surface area contributed by atoms with Gasteiger partial charge in [0.2, 0.25) is 11.8 Å². The first-order valence-electron chi connectivity index (χ1n) is 8.19. The number of aromatic nitrogens is 2. The fraction of sp³-hybridized carbons (Fsp3) is 0.368. The second-order valence-corrected chi connectivity index (χ2v) is 6.76. The Morgan fingerprint density at radius 3 is 2.38 bits per heavy atom. The Hall–Kier alpha value is -2.74. The van der Waals surface area contributed by atoms with Crippen molar-refractivity contribution in [2.45, 2.75) is 45.4 Å². The van der Waals surface area contributed by atoms with Crippen molar-refractivity contribution in [3.63, 3.8) is 0 Å². The van der Waals surface area contributed by atoms with Gasteiger partial charge in [0.25, 0.3) is 0 Å². The van der Waals surface area contributed by atoms with Gasteiger partial charge in [-0.2, -0.15) is 5.26 Å². The van der Waals surface area contributed by atoms with Crippen LogP contribution < -0.4 is 10.5 Å². The van der Waals surface area contributed by atoms with Gasteiger partial charge in [0, 0.05) is 5.69 Å². The Kier molecular flexibility index (Phi) is 4.06. The monoisotopic (exact) mass is 322 g/mol. The predicted octanol–water partition coefficient (Wildman–Crippen LogP) is 3.87. The molecule has 1 aliphatic heterocycles. The van der Waals surface area contributed by atoms with Crippen LogP contribution in [0.15, 0.2) is 35.7 Å². The maximum atomic E-state index is 9.63. The molecule has 24 heavy (non-hydrogen) atoms. The molecule has 1 aliphatic rings. The van der Waals surface area contributed by atoms with Crippen molar-refractivity contribution in [1.29, 1.82) is 5.26 Å². The fourth-order valence-electron chi connectivity index (χ4n) is 3.12. The molecule has 1 unspecified atom stereocenters. The van der Waals surface area contributed by atoms with Crippen LogP contribution in [-0.4, -0.2) is 10.2 Å². The number of nitrogens with zero attached hydrogens (tertiary/aromatic N) is 2. The minimum atomic E-state index is -0.254. The van der Waals surface area contributed by atoms with E-state index >= 15 is 0 Å². The zero-order chi connectivity index (χ0) is 17.4. The van der Waals surface area contributed by atoms with Gasteiger partial charge in [0.15, 0.2) is 0 Å². The molecule has 3 N–H and O–H groups in total. The van der Waals surface area contributed by atoms with E-state index in [2.05, 4.69) is 68.2 Å². The number of benzene rings is 1. The number of allylic oxidation sites excluding steroid dienone is 1.